The molecular weight excluding hydrogens is 252 g/mol. The van der Waals surface area contributed by atoms with Gasteiger partial charge in [0, 0.05) is 11.6 Å². The lowest BCUT2D eigenvalue weighted by molar-refractivity contribution is 0.0691. The molecule has 0 unspecified atom stereocenters. The van der Waals surface area contributed by atoms with Gasteiger partial charge in [0.15, 0.2) is 5.69 Å². The van der Waals surface area contributed by atoms with Crippen LogP contribution in [0.25, 0.3) is 0 Å². The summed E-state index contributed by atoms with van der Waals surface area (Å²) in [5.74, 6) is -0.314. The van der Waals surface area contributed by atoms with Crippen molar-refractivity contribution in [2.45, 2.75) is 20.4 Å². The van der Waals surface area contributed by atoms with E-state index in [4.69, 9.17) is 5.11 Å². The van der Waals surface area contributed by atoms with Gasteiger partial charge in [-0.05, 0) is 13.8 Å². The summed E-state index contributed by atoms with van der Waals surface area (Å²) in [5.41, 5.74) is 1.70. The molecule has 0 atom stereocenters. The first-order valence-corrected chi connectivity index (χ1v) is 6.16. The summed E-state index contributed by atoms with van der Waals surface area (Å²) in [4.78, 5) is 23.2. The molecule has 7 heteroatoms. The Kier molecular flexibility index (Phi) is 3.52. The molecular formula is C11H12N4O2S. The number of aryl methyl sites for hydroxylation is 2. The molecule has 0 aliphatic carbocycles. The molecule has 2 rings (SSSR count). The van der Waals surface area contributed by atoms with E-state index in [1.807, 2.05) is 13.8 Å². The van der Waals surface area contributed by atoms with Crippen molar-refractivity contribution in [2.75, 3.05) is 5.32 Å². The van der Waals surface area contributed by atoms with Gasteiger partial charge in [-0.15, -0.1) is 11.3 Å². The first-order chi connectivity index (χ1) is 8.56. The highest BCUT2D eigenvalue weighted by atomic mass is 32.1. The van der Waals surface area contributed by atoms with Crippen molar-refractivity contribution in [3.63, 3.8) is 0 Å². The number of carbonyl (C=O) groups is 1. The molecule has 94 valence electrons. The third kappa shape index (κ3) is 2.80. The normalized spacial score (nSPS) is 10.3. The van der Waals surface area contributed by atoms with Crippen molar-refractivity contribution in [1.29, 1.82) is 0 Å². The maximum absolute atomic E-state index is 10.7. The lowest BCUT2D eigenvalue weighted by Crippen LogP contribution is -2.05. The van der Waals surface area contributed by atoms with Crippen LogP contribution in [0, 0.1) is 13.8 Å². The number of aromatic nitrogens is 3. The summed E-state index contributed by atoms with van der Waals surface area (Å²) in [6, 6.07) is 0. The Bertz CT molecular complexity index is 582. The number of thiazole rings is 1. The van der Waals surface area contributed by atoms with Crippen molar-refractivity contribution in [3.05, 3.63) is 33.7 Å². The molecule has 0 fully saturated rings. The van der Waals surface area contributed by atoms with E-state index >= 15 is 0 Å². The van der Waals surface area contributed by atoms with Gasteiger partial charge in [-0.25, -0.2) is 14.8 Å². The zero-order chi connectivity index (χ0) is 13.1. The van der Waals surface area contributed by atoms with Gasteiger partial charge >= 0.3 is 5.97 Å². The molecule has 0 aromatic carbocycles. The van der Waals surface area contributed by atoms with Crippen LogP contribution in [0.3, 0.4) is 0 Å². The lowest BCUT2D eigenvalue weighted by atomic mass is 10.4. The molecule has 0 aliphatic rings. The Labute approximate surface area is 108 Å². The molecule has 2 aromatic rings. The summed E-state index contributed by atoms with van der Waals surface area (Å²) in [7, 11) is 0. The molecule has 2 N–H and O–H groups in total. The highest BCUT2D eigenvalue weighted by Crippen LogP contribution is 2.14. The van der Waals surface area contributed by atoms with Gasteiger partial charge < -0.3 is 10.4 Å². The topological polar surface area (TPSA) is 88.0 Å². The molecule has 18 heavy (non-hydrogen) atoms. The molecule has 6 nitrogen and oxygen atoms in total. The zero-order valence-corrected chi connectivity index (χ0v) is 10.8. The molecule has 0 aliphatic heterocycles. The Morgan fingerprint density at radius 3 is 2.89 bits per heavy atom. The smallest absolute Gasteiger partial charge is 0.355 e. The molecule has 0 saturated carbocycles. The summed E-state index contributed by atoms with van der Waals surface area (Å²) in [6.07, 6.45) is 1.70. The molecule has 0 bridgehead atoms. The van der Waals surface area contributed by atoms with E-state index in [1.165, 1.54) is 16.7 Å². The maximum Gasteiger partial charge on any atom is 0.355 e. The van der Waals surface area contributed by atoms with E-state index in [0.717, 1.165) is 11.4 Å². The lowest BCUT2D eigenvalue weighted by Gasteiger charge is -2.06. The number of anilines is 1. The van der Waals surface area contributed by atoms with E-state index in [9.17, 15) is 4.79 Å². The van der Waals surface area contributed by atoms with Crippen molar-refractivity contribution in [2.24, 2.45) is 0 Å². The second-order valence-corrected chi connectivity index (χ2v) is 4.67. The van der Waals surface area contributed by atoms with Gasteiger partial charge in [0.05, 0.1) is 17.9 Å². The highest BCUT2D eigenvalue weighted by Gasteiger charge is 2.09. The Balaban J connectivity index is 2.06. The standard InChI is InChI=1S/C11H12N4O2S/c1-6-3-12-7(2)10(14-6)13-4-9-15-8(5-18-9)11(16)17/h3,5H,4H2,1-2H3,(H,13,14)(H,16,17). The maximum atomic E-state index is 10.7. The van der Waals surface area contributed by atoms with E-state index in [0.29, 0.717) is 17.4 Å². The predicted molar refractivity (Wildman–Crippen MR) is 67.9 cm³/mol. The van der Waals surface area contributed by atoms with Crippen LogP contribution in [0.2, 0.25) is 0 Å². The number of nitrogens with zero attached hydrogens (tertiary/aromatic N) is 3. The molecule has 0 amide bonds. The molecule has 0 radical (unpaired) electrons. The number of carboxylic acids is 1. The van der Waals surface area contributed by atoms with Gasteiger partial charge in [-0.2, -0.15) is 0 Å². The third-order valence-corrected chi connectivity index (χ3v) is 3.10. The van der Waals surface area contributed by atoms with Crippen molar-refractivity contribution in [1.82, 2.24) is 15.0 Å². The van der Waals surface area contributed by atoms with E-state index < -0.39 is 5.97 Å². The molecule has 0 spiro atoms. The minimum Gasteiger partial charge on any atom is -0.476 e. The first kappa shape index (κ1) is 12.4. The minimum atomic E-state index is -1.01. The number of aromatic carboxylic acids is 1. The van der Waals surface area contributed by atoms with Crippen LogP contribution in [0.5, 0.6) is 0 Å². The second kappa shape index (κ2) is 5.09. The minimum absolute atomic E-state index is 0.0730. The average Bonchev–Trinajstić information content (AvgIpc) is 2.79. The van der Waals surface area contributed by atoms with Crippen LogP contribution in [-0.2, 0) is 6.54 Å². The summed E-state index contributed by atoms with van der Waals surface area (Å²) < 4.78 is 0. The number of nitrogens with one attached hydrogen (secondary N) is 1. The van der Waals surface area contributed by atoms with Crippen LogP contribution in [0.15, 0.2) is 11.6 Å². The van der Waals surface area contributed by atoms with Crippen LogP contribution >= 0.6 is 11.3 Å². The highest BCUT2D eigenvalue weighted by molar-refractivity contribution is 7.09. The first-order valence-electron chi connectivity index (χ1n) is 5.28. The SMILES string of the molecule is Cc1cnc(C)c(NCc2nc(C(=O)O)cs2)n1. The van der Waals surface area contributed by atoms with Crippen LogP contribution in [-0.4, -0.2) is 26.0 Å². The Morgan fingerprint density at radius 1 is 1.44 bits per heavy atom. The number of carboxylic acid groups (broad SMARTS) is 1. The van der Waals surface area contributed by atoms with Crippen molar-refractivity contribution in [3.8, 4) is 0 Å². The summed E-state index contributed by atoms with van der Waals surface area (Å²) >= 11 is 1.30. The van der Waals surface area contributed by atoms with Crippen LogP contribution in [0.1, 0.15) is 26.9 Å². The van der Waals surface area contributed by atoms with E-state index in [-0.39, 0.29) is 5.69 Å². The largest absolute Gasteiger partial charge is 0.476 e. The van der Waals surface area contributed by atoms with Crippen LogP contribution in [0.4, 0.5) is 5.82 Å². The fourth-order valence-corrected chi connectivity index (χ4v) is 2.06. The number of rotatable bonds is 4. The quantitative estimate of drug-likeness (QED) is 0.876. The third-order valence-electron chi connectivity index (χ3n) is 2.25. The van der Waals surface area contributed by atoms with Crippen LogP contribution < -0.4 is 5.32 Å². The Hall–Kier alpha value is -2.02. The van der Waals surface area contributed by atoms with Gasteiger partial charge in [-0.3, -0.25) is 4.98 Å². The van der Waals surface area contributed by atoms with Crippen molar-refractivity contribution < 1.29 is 9.90 Å². The van der Waals surface area contributed by atoms with Crippen molar-refractivity contribution >= 4 is 23.1 Å². The molecule has 2 heterocycles. The molecule has 2 aromatic heterocycles. The van der Waals surface area contributed by atoms with Gasteiger partial charge in [-0.1, -0.05) is 0 Å². The zero-order valence-electron chi connectivity index (χ0n) is 9.97. The summed E-state index contributed by atoms with van der Waals surface area (Å²) in [5, 5.41) is 14.1. The van der Waals surface area contributed by atoms with Gasteiger partial charge in [0.2, 0.25) is 0 Å². The fraction of sp³-hybridized carbons (Fsp3) is 0.273. The van der Waals surface area contributed by atoms with Gasteiger partial charge in [0.1, 0.15) is 10.8 Å². The predicted octanol–water partition coefficient (Wildman–Crippen LogP) is 1.86. The Morgan fingerprint density at radius 2 is 2.22 bits per heavy atom. The summed E-state index contributed by atoms with van der Waals surface area (Å²) in [6.45, 7) is 4.17. The second-order valence-electron chi connectivity index (χ2n) is 3.73. The number of hydrogen-bond donors (Lipinski definition) is 2. The monoisotopic (exact) mass is 264 g/mol. The van der Waals surface area contributed by atoms with E-state index in [1.54, 1.807) is 6.20 Å². The van der Waals surface area contributed by atoms with Gasteiger partial charge in [0.25, 0.3) is 0 Å². The number of hydrogen-bond acceptors (Lipinski definition) is 6. The fourth-order valence-electron chi connectivity index (χ4n) is 1.35. The average molecular weight is 264 g/mol. The molecule has 0 saturated heterocycles. The van der Waals surface area contributed by atoms with E-state index in [2.05, 4.69) is 20.3 Å².